The third-order valence-corrected chi connectivity index (χ3v) is 5.81. The predicted octanol–water partition coefficient (Wildman–Crippen LogP) is 3.54. The minimum atomic E-state index is -0.224. The molecular formula is C21H22N4O2S. The second kappa shape index (κ2) is 7.05. The van der Waals surface area contributed by atoms with Crippen LogP contribution in [0.15, 0.2) is 41.6 Å². The monoisotopic (exact) mass is 394 g/mol. The van der Waals surface area contributed by atoms with Crippen LogP contribution in [-0.4, -0.2) is 32.5 Å². The Morgan fingerprint density at radius 1 is 1.21 bits per heavy atom. The van der Waals surface area contributed by atoms with Crippen molar-refractivity contribution in [1.82, 2.24) is 19.9 Å². The van der Waals surface area contributed by atoms with E-state index in [1.54, 1.807) is 22.5 Å². The van der Waals surface area contributed by atoms with Crippen molar-refractivity contribution in [2.45, 2.75) is 38.1 Å². The van der Waals surface area contributed by atoms with Gasteiger partial charge in [-0.1, -0.05) is 26.0 Å². The molecule has 0 spiro atoms. The molecule has 0 saturated carbocycles. The molecule has 7 heteroatoms. The van der Waals surface area contributed by atoms with Gasteiger partial charge in [0.25, 0.3) is 5.91 Å². The summed E-state index contributed by atoms with van der Waals surface area (Å²) in [7, 11) is 0. The number of amides is 1. The van der Waals surface area contributed by atoms with Crippen molar-refractivity contribution in [3.63, 3.8) is 0 Å². The van der Waals surface area contributed by atoms with Crippen LogP contribution in [0.2, 0.25) is 0 Å². The molecule has 1 amide bonds. The molecule has 0 atom stereocenters. The number of Topliss-reactive ketones (excluding diaryl/α,β-unsaturated/α-hetero) is 1. The Balaban J connectivity index is 1.59. The lowest BCUT2D eigenvalue weighted by Gasteiger charge is -2.29. The average Bonchev–Trinajstić information content (AvgIpc) is 3.10. The van der Waals surface area contributed by atoms with Gasteiger partial charge in [0.2, 0.25) is 0 Å². The van der Waals surface area contributed by atoms with Crippen LogP contribution in [0.1, 0.15) is 52.2 Å². The fraction of sp³-hybridized carbons (Fsp3) is 0.333. The van der Waals surface area contributed by atoms with Crippen molar-refractivity contribution >= 4 is 29.1 Å². The molecule has 0 bridgehead atoms. The summed E-state index contributed by atoms with van der Waals surface area (Å²) in [6, 6.07) is 8.08. The van der Waals surface area contributed by atoms with Gasteiger partial charge in [-0.25, -0.2) is 9.50 Å². The number of thioether (sulfide) groups is 1. The Labute approximate surface area is 167 Å². The number of hydrogen-bond acceptors (Lipinski definition) is 5. The number of hydrogen-bond donors (Lipinski definition) is 1. The minimum absolute atomic E-state index is 0.0795. The van der Waals surface area contributed by atoms with E-state index in [1.165, 1.54) is 11.1 Å². The summed E-state index contributed by atoms with van der Waals surface area (Å²) in [6.07, 6.45) is 6.36. The van der Waals surface area contributed by atoms with Crippen molar-refractivity contribution in [1.29, 1.82) is 0 Å². The number of fused-ring (bicyclic) bond motifs is 3. The summed E-state index contributed by atoms with van der Waals surface area (Å²) in [4.78, 5) is 30.7. The normalized spacial score (nSPS) is 15.5. The lowest BCUT2D eigenvalue weighted by molar-refractivity contribution is 0.0907. The summed E-state index contributed by atoms with van der Waals surface area (Å²) in [5.41, 5.74) is 3.24. The number of carbonyl (C=O) groups excluding carboxylic acids is 2. The van der Waals surface area contributed by atoms with E-state index < -0.39 is 0 Å². The molecule has 6 nitrogen and oxygen atoms in total. The predicted molar refractivity (Wildman–Crippen MR) is 109 cm³/mol. The fourth-order valence-corrected chi connectivity index (χ4v) is 4.02. The van der Waals surface area contributed by atoms with Crippen LogP contribution in [0, 0.1) is 5.41 Å². The summed E-state index contributed by atoms with van der Waals surface area (Å²) >= 11 is 1.68. The third-order valence-electron chi connectivity index (χ3n) is 5.07. The third kappa shape index (κ3) is 3.42. The number of carbonyl (C=O) groups is 2. The Bertz CT molecular complexity index is 1070. The highest BCUT2D eigenvalue weighted by atomic mass is 32.2. The van der Waals surface area contributed by atoms with Crippen molar-refractivity contribution in [2.75, 3.05) is 6.26 Å². The lowest BCUT2D eigenvalue weighted by Crippen LogP contribution is -2.29. The molecule has 0 radical (unpaired) electrons. The number of rotatable bonds is 4. The maximum absolute atomic E-state index is 12.7. The van der Waals surface area contributed by atoms with Gasteiger partial charge in [-0.15, -0.1) is 11.8 Å². The highest BCUT2D eigenvalue weighted by Gasteiger charge is 2.33. The molecule has 0 fully saturated rings. The van der Waals surface area contributed by atoms with Crippen LogP contribution >= 0.6 is 11.8 Å². The topological polar surface area (TPSA) is 76.4 Å². The van der Waals surface area contributed by atoms with Gasteiger partial charge >= 0.3 is 0 Å². The molecule has 144 valence electrons. The molecule has 2 aromatic heterocycles. The van der Waals surface area contributed by atoms with Crippen molar-refractivity contribution < 1.29 is 9.59 Å². The molecule has 28 heavy (non-hydrogen) atoms. The molecule has 3 aromatic rings. The van der Waals surface area contributed by atoms with Crippen LogP contribution in [0.25, 0.3) is 5.65 Å². The van der Waals surface area contributed by atoms with Gasteiger partial charge in [-0.05, 0) is 35.8 Å². The first-order chi connectivity index (χ1) is 13.4. The highest BCUT2D eigenvalue weighted by molar-refractivity contribution is 7.98. The number of nitrogens with zero attached hydrogens (tertiary/aromatic N) is 3. The molecule has 2 heterocycles. The van der Waals surface area contributed by atoms with E-state index in [1.807, 2.05) is 30.5 Å². The summed E-state index contributed by atoms with van der Waals surface area (Å²) in [6.45, 7) is 4.57. The maximum Gasteiger partial charge on any atom is 0.257 e. The molecular weight excluding hydrogens is 372 g/mol. The van der Waals surface area contributed by atoms with E-state index in [-0.39, 0.29) is 17.1 Å². The zero-order chi connectivity index (χ0) is 19.9. The Kier molecular flexibility index (Phi) is 4.71. The first-order valence-electron chi connectivity index (χ1n) is 9.18. The minimum Gasteiger partial charge on any atom is -0.348 e. The smallest absolute Gasteiger partial charge is 0.257 e. The second-order valence-corrected chi connectivity index (χ2v) is 8.76. The number of benzene rings is 1. The molecule has 1 aliphatic rings. The molecule has 0 aliphatic heterocycles. The van der Waals surface area contributed by atoms with Crippen LogP contribution in [-0.2, 0) is 13.0 Å². The quantitative estimate of drug-likeness (QED) is 0.685. The first-order valence-corrected chi connectivity index (χ1v) is 10.4. The number of ketones is 1. The standard InChI is InChI=1S/C21H22N4O2S/c1-21(2)8-17-15(18(26)9-21)11-22-19-16(12-24-25(17)19)20(27)23-10-13-4-6-14(28-3)7-5-13/h4-7,11-12H,8-10H2,1-3H3,(H,23,27). The van der Waals surface area contributed by atoms with Crippen LogP contribution < -0.4 is 5.32 Å². The van der Waals surface area contributed by atoms with E-state index >= 15 is 0 Å². The van der Waals surface area contributed by atoms with Gasteiger partial charge < -0.3 is 5.32 Å². The van der Waals surface area contributed by atoms with Crippen molar-refractivity contribution in [2.24, 2.45) is 5.41 Å². The zero-order valence-corrected chi connectivity index (χ0v) is 17.0. The molecule has 0 unspecified atom stereocenters. The van der Waals surface area contributed by atoms with Crippen molar-refractivity contribution in [3.8, 4) is 0 Å². The molecule has 1 aromatic carbocycles. The number of nitrogens with one attached hydrogen (secondary N) is 1. The fourth-order valence-electron chi connectivity index (χ4n) is 3.61. The van der Waals surface area contributed by atoms with Gasteiger partial charge in [0, 0.05) is 24.1 Å². The second-order valence-electron chi connectivity index (χ2n) is 7.88. The maximum atomic E-state index is 12.7. The van der Waals surface area contributed by atoms with E-state index in [9.17, 15) is 9.59 Å². The first kappa shape index (κ1) is 18.7. The van der Waals surface area contributed by atoms with Gasteiger partial charge in [-0.3, -0.25) is 9.59 Å². The van der Waals surface area contributed by atoms with Crippen LogP contribution in [0.4, 0.5) is 0 Å². The Morgan fingerprint density at radius 2 is 1.96 bits per heavy atom. The van der Waals surface area contributed by atoms with E-state index in [0.717, 1.165) is 17.7 Å². The molecule has 1 aliphatic carbocycles. The van der Waals surface area contributed by atoms with E-state index in [4.69, 9.17) is 0 Å². The summed E-state index contributed by atoms with van der Waals surface area (Å²) < 4.78 is 1.65. The molecule has 0 saturated heterocycles. The number of aromatic nitrogens is 3. The van der Waals surface area contributed by atoms with Crippen LogP contribution in [0.3, 0.4) is 0 Å². The summed E-state index contributed by atoms with van der Waals surface area (Å²) in [5.74, 6) is -0.145. The van der Waals surface area contributed by atoms with Crippen LogP contribution in [0.5, 0.6) is 0 Å². The van der Waals surface area contributed by atoms with Crippen molar-refractivity contribution in [3.05, 3.63) is 59.0 Å². The van der Waals surface area contributed by atoms with E-state index in [0.29, 0.717) is 29.7 Å². The average molecular weight is 395 g/mol. The van der Waals surface area contributed by atoms with E-state index in [2.05, 4.69) is 29.2 Å². The molecule has 1 N–H and O–H groups in total. The lowest BCUT2D eigenvalue weighted by atomic mass is 9.76. The highest BCUT2D eigenvalue weighted by Crippen LogP contribution is 2.34. The van der Waals surface area contributed by atoms with Gasteiger partial charge in [-0.2, -0.15) is 5.10 Å². The van der Waals surface area contributed by atoms with Gasteiger partial charge in [0.05, 0.1) is 17.5 Å². The SMILES string of the molecule is CSc1ccc(CNC(=O)c2cnn3c4c(cnc23)C(=O)CC(C)(C)C4)cc1. The largest absolute Gasteiger partial charge is 0.348 e. The summed E-state index contributed by atoms with van der Waals surface area (Å²) in [5, 5.41) is 7.30. The molecule has 4 rings (SSSR count). The Hall–Kier alpha value is -2.67. The Morgan fingerprint density at radius 3 is 2.68 bits per heavy atom. The van der Waals surface area contributed by atoms with Gasteiger partial charge in [0.15, 0.2) is 11.4 Å². The zero-order valence-electron chi connectivity index (χ0n) is 16.2. The van der Waals surface area contributed by atoms with Gasteiger partial charge in [0.1, 0.15) is 5.56 Å².